The molecular formula is C45H49F3N6. The minimum atomic E-state index is -4.66. The van der Waals surface area contributed by atoms with Gasteiger partial charge in [0.25, 0.3) is 0 Å². The van der Waals surface area contributed by atoms with E-state index in [2.05, 4.69) is 61.3 Å². The Balaban J connectivity index is 1.53. The smallest absolute Gasteiger partial charge is 0.395 e. The summed E-state index contributed by atoms with van der Waals surface area (Å²) in [6.45, 7) is 6.68. The van der Waals surface area contributed by atoms with Gasteiger partial charge in [0.05, 0.1) is 17.1 Å². The maximum Gasteiger partial charge on any atom is 0.430 e. The van der Waals surface area contributed by atoms with Gasteiger partial charge in [0.15, 0.2) is 11.6 Å². The first-order valence-corrected chi connectivity index (χ1v) is 19.1. The van der Waals surface area contributed by atoms with Crippen molar-refractivity contribution in [1.29, 1.82) is 0 Å². The highest BCUT2D eigenvalue weighted by Gasteiger charge is 2.43. The van der Waals surface area contributed by atoms with Crippen molar-refractivity contribution in [2.45, 2.75) is 96.6 Å². The Morgan fingerprint density at radius 2 is 1.28 bits per heavy atom. The zero-order valence-electron chi connectivity index (χ0n) is 31.4. The number of hydrogen-bond acceptors (Lipinski definition) is 5. The Bertz CT molecular complexity index is 2080. The summed E-state index contributed by atoms with van der Waals surface area (Å²) >= 11 is 0. The van der Waals surface area contributed by atoms with Crippen LogP contribution in [0, 0.1) is 17.8 Å². The number of aromatic nitrogens is 4. The number of nitrogens with zero attached hydrogens (tertiary/aromatic N) is 5. The maximum absolute atomic E-state index is 13.3. The van der Waals surface area contributed by atoms with Crippen molar-refractivity contribution in [3.05, 3.63) is 148 Å². The number of halogens is 3. The molecule has 0 radical (unpaired) electrons. The van der Waals surface area contributed by atoms with Crippen LogP contribution in [-0.2, 0) is 18.3 Å². The van der Waals surface area contributed by atoms with E-state index in [0.29, 0.717) is 17.3 Å². The number of allylic oxidation sites excluding steroid dienone is 2. The van der Waals surface area contributed by atoms with E-state index in [-0.39, 0.29) is 10.8 Å². The second-order valence-electron chi connectivity index (χ2n) is 16.1. The van der Waals surface area contributed by atoms with Gasteiger partial charge in [0.1, 0.15) is 11.1 Å². The Labute approximate surface area is 316 Å². The molecule has 0 unspecified atom stereocenters. The van der Waals surface area contributed by atoms with Crippen LogP contribution in [0.25, 0.3) is 5.82 Å². The summed E-state index contributed by atoms with van der Waals surface area (Å²) in [5.41, 5.74) is 9.84. The number of hydrogen-bond donors (Lipinski definition) is 1. The molecule has 0 amide bonds. The van der Waals surface area contributed by atoms with Crippen molar-refractivity contribution in [1.82, 2.24) is 19.7 Å². The van der Waals surface area contributed by atoms with Gasteiger partial charge in [-0.1, -0.05) is 100 Å². The topological polar surface area (TPSA) is 82.0 Å². The molecule has 6 nitrogen and oxygen atoms in total. The monoisotopic (exact) mass is 730 g/mol. The van der Waals surface area contributed by atoms with Crippen molar-refractivity contribution < 1.29 is 13.2 Å². The van der Waals surface area contributed by atoms with Crippen molar-refractivity contribution in [3.63, 3.8) is 0 Å². The van der Waals surface area contributed by atoms with Crippen LogP contribution >= 0.6 is 0 Å². The SMILES string of the molecule is Cc1ccn(-c2cc(CC3(C)CCCC3)cc(C(c3ccccc3)(c3ccccc3)c3cc(CC4(C)CCCC4)cc(N=CC=C(N)C(F)(F)F)n3)n2)n1. The van der Waals surface area contributed by atoms with Crippen LogP contribution in [0.15, 0.2) is 114 Å². The number of alkyl halides is 3. The van der Waals surface area contributed by atoms with Gasteiger partial charge >= 0.3 is 6.18 Å². The van der Waals surface area contributed by atoms with Crippen LogP contribution in [0.3, 0.4) is 0 Å². The van der Waals surface area contributed by atoms with E-state index in [1.807, 2.05) is 66.3 Å². The quantitative estimate of drug-likeness (QED) is 0.137. The fraction of sp³-hybridized carbons (Fsp3) is 0.378. The van der Waals surface area contributed by atoms with Crippen LogP contribution < -0.4 is 5.73 Å². The molecule has 0 aliphatic heterocycles. The summed E-state index contributed by atoms with van der Waals surface area (Å²) in [4.78, 5) is 15.2. The van der Waals surface area contributed by atoms with E-state index in [4.69, 9.17) is 20.8 Å². The number of pyridine rings is 2. The Hall–Kier alpha value is -5.05. The number of nitrogens with two attached hydrogens (primary N) is 1. The van der Waals surface area contributed by atoms with Crippen molar-refractivity contribution >= 4 is 12.0 Å². The molecule has 3 aromatic heterocycles. The lowest BCUT2D eigenvalue weighted by molar-refractivity contribution is -0.0925. The van der Waals surface area contributed by atoms with Crippen LogP contribution in [0.1, 0.15) is 105 Å². The molecule has 0 spiro atoms. The van der Waals surface area contributed by atoms with E-state index >= 15 is 0 Å². The maximum atomic E-state index is 13.3. The van der Waals surface area contributed by atoms with Crippen LogP contribution in [0.4, 0.5) is 19.0 Å². The zero-order valence-corrected chi connectivity index (χ0v) is 31.4. The van der Waals surface area contributed by atoms with Crippen LogP contribution in [-0.4, -0.2) is 32.1 Å². The molecule has 54 heavy (non-hydrogen) atoms. The van der Waals surface area contributed by atoms with Gasteiger partial charge in [-0.25, -0.2) is 19.6 Å². The number of rotatable bonds is 11. The molecular weight excluding hydrogens is 682 g/mol. The molecule has 2 aliphatic carbocycles. The molecule has 0 atom stereocenters. The van der Waals surface area contributed by atoms with Gasteiger partial charge in [-0.05, 0) is 115 Å². The van der Waals surface area contributed by atoms with Crippen LogP contribution in [0.5, 0.6) is 0 Å². The molecule has 5 aromatic rings. The second-order valence-corrected chi connectivity index (χ2v) is 16.1. The first-order chi connectivity index (χ1) is 25.9. The Kier molecular flexibility index (Phi) is 10.4. The van der Waals surface area contributed by atoms with Gasteiger partial charge in [0, 0.05) is 12.4 Å². The van der Waals surface area contributed by atoms with Gasteiger partial charge in [-0.2, -0.15) is 18.3 Å². The van der Waals surface area contributed by atoms with E-state index in [1.54, 1.807) is 0 Å². The number of aliphatic imine (C=N–C) groups is 1. The van der Waals surface area contributed by atoms with E-state index < -0.39 is 17.3 Å². The predicted molar refractivity (Wildman–Crippen MR) is 209 cm³/mol. The standard InChI is InChI=1S/C45H49F3N6/c1-32-19-25-54(53-32)41-29-34(31-43(3)22-12-13-23-43)27-39(52-41)44(35-14-6-4-7-15-35,36-16-8-5-9-17-36)38-26-33(30-42(2)20-10-11-21-42)28-40(51-38)50-24-18-37(49)45(46,47)48/h4-9,14-19,24-29H,10-13,20-23,30-31,49H2,1-3H3. The van der Waals surface area contributed by atoms with E-state index in [0.717, 1.165) is 66.1 Å². The Morgan fingerprint density at radius 1 is 0.759 bits per heavy atom. The molecule has 3 heterocycles. The summed E-state index contributed by atoms with van der Waals surface area (Å²) in [6, 6.07) is 31.0. The molecule has 280 valence electrons. The minimum absolute atomic E-state index is 0.0857. The van der Waals surface area contributed by atoms with Gasteiger partial charge in [-0.3, -0.25) is 0 Å². The zero-order chi connectivity index (χ0) is 38.0. The molecule has 2 N–H and O–H groups in total. The molecule has 0 bridgehead atoms. The predicted octanol–water partition coefficient (Wildman–Crippen LogP) is 10.7. The van der Waals surface area contributed by atoms with Crippen LogP contribution in [0.2, 0.25) is 0 Å². The third kappa shape index (κ3) is 7.91. The summed E-state index contributed by atoms with van der Waals surface area (Å²) in [5, 5.41) is 4.79. The second kappa shape index (κ2) is 15.0. The third-order valence-electron chi connectivity index (χ3n) is 11.6. The normalized spacial score (nSPS) is 17.4. The summed E-state index contributed by atoms with van der Waals surface area (Å²) in [7, 11) is 0. The first kappa shape index (κ1) is 37.3. The van der Waals surface area contributed by atoms with Crippen molar-refractivity contribution in [3.8, 4) is 5.82 Å². The lowest BCUT2D eigenvalue weighted by atomic mass is 9.68. The lowest BCUT2D eigenvalue weighted by Gasteiger charge is -2.36. The third-order valence-corrected chi connectivity index (χ3v) is 11.6. The molecule has 2 aromatic carbocycles. The largest absolute Gasteiger partial charge is 0.430 e. The molecule has 2 saturated carbocycles. The highest BCUT2D eigenvalue weighted by molar-refractivity contribution is 5.75. The molecule has 9 heteroatoms. The summed E-state index contributed by atoms with van der Waals surface area (Å²) in [5.74, 6) is 1.03. The molecule has 7 rings (SSSR count). The summed E-state index contributed by atoms with van der Waals surface area (Å²) < 4.78 is 41.9. The summed E-state index contributed by atoms with van der Waals surface area (Å²) in [6.07, 6.45) is 10.2. The highest BCUT2D eigenvalue weighted by atomic mass is 19.4. The van der Waals surface area contributed by atoms with E-state index in [9.17, 15) is 13.2 Å². The van der Waals surface area contributed by atoms with E-state index in [1.165, 1.54) is 44.1 Å². The molecule has 2 aliphatic rings. The fourth-order valence-electron chi connectivity index (χ4n) is 8.81. The van der Waals surface area contributed by atoms with Gasteiger partial charge < -0.3 is 5.73 Å². The number of benzene rings is 2. The average Bonchev–Trinajstić information content (AvgIpc) is 3.90. The first-order valence-electron chi connectivity index (χ1n) is 19.1. The molecule has 0 saturated heterocycles. The lowest BCUT2D eigenvalue weighted by Crippen LogP contribution is -2.34. The highest BCUT2D eigenvalue weighted by Crippen LogP contribution is 2.47. The average molecular weight is 731 g/mol. The minimum Gasteiger partial charge on any atom is -0.395 e. The Morgan fingerprint density at radius 3 is 1.78 bits per heavy atom. The van der Waals surface area contributed by atoms with Gasteiger partial charge in [-0.15, -0.1) is 0 Å². The van der Waals surface area contributed by atoms with Crippen molar-refractivity contribution in [2.24, 2.45) is 21.6 Å². The van der Waals surface area contributed by atoms with Crippen molar-refractivity contribution in [2.75, 3.05) is 0 Å². The number of aryl methyl sites for hydroxylation is 1. The van der Waals surface area contributed by atoms with Gasteiger partial charge in [0.2, 0.25) is 0 Å². The fourth-order valence-corrected chi connectivity index (χ4v) is 8.81. The molecule has 2 fully saturated rings.